The Morgan fingerprint density at radius 3 is 2.81 bits per heavy atom. The molecule has 6 nitrogen and oxygen atoms in total. The molecule has 2 aromatic carbocycles. The maximum Gasteiger partial charge on any atom is 0.294 e. The number of aromatic nitrogens is 2. The molecule has 1 fully saturated rings. The molecule has 4 aromatic rings. The average molecular weight is 431 g/mol. The minimum absolute atomic E-state index is 0.202. The molecule has 3 heterocycles. The summed E-state index contributed by atoms with van der Waals surface area (Å²) in [6.07, 6.45) is 3.43. The van der Waals surface area contributed by atoms with Crippen molar-refractivity contribution in [3.05, 3.63) is 76.3 Å². The molecule has 1 saturated heterocycles. The Morgan fingerprint density at radius 2 is 1.97 bits per heavy atom. The maximum atomic E-state index is 12.7. The van der Waals surface area contributed by atoms with Crippen molar-refractivity contribution in [1.29, 1.82) is 0 Å². The number of H-pyrrole nitrogens is 1. The van der Waals surface area contributed by atoms with Crippen molar-refractivity contribution in [2.45, 2.75) is 45.3 Å². The number of para-hydroxylation sites is 1. The van der Waals surface area contributed by atoms with Crippen LogP contribution in [0.4, 0.5) is 0 Å². The first-order valence-electron chi connectivity index (χ1n) is 11.6. The third kappa shape index (κ3) is 4.33. The van der Waals surface area contributed by atoms with Gasteiger partial charge in [0.15, 0.2) is 0 Å². The standard InChI is InChI=1S/C26H30N4O2/c1-2-14-30(20-11-8-15-29(17-20)16-19-9-4-3-5-10-19)18-23-27-24-21-12-6-7-13-22(21)32-25(24)26(31)28-23/h3-7,9-10,12-13,20H,2,8,11,14-18H2,1H3,(H,27,28,31). The highest BCUT2D eigenvalue weighted by molar-refractivity contribution is 6.01. The molecule has 166 valence electrons. The Hall–Kier alpha value is -2.96. The lowest BCUT2D eigenvalue weighted by atomic mass is 10.0. The van der Waals surface area contributed by atoms with Crippen LogP contribution in [0.3, 0.4) is 0 Å². The van der Waals surface area contributed by atoms with Crippen molar-refractivity contribution in [3.8, 4) is 0 Å². The zero-order chi connectivity index (χ0) is 21.9. The van der Waals surface area contributed by atoms with Crippen LogP contribution < -0.4 is 5.56 Å². The van der Waals surface area contributed by atoms with Crippen molar-refractivity contribution in [3.63, 3.8) is 0 Å². The first kappa shape index (κ1) is 20.9. The first-order valence-corrected chi connectivity index (χ1v) is 11.6. The summed E-state index contributed by atoms with van der Waals surface area (Å²) in [4.78, 5) is 25.6. The van der Waals surface area contributed by atoms with Gasteiger partial charge in [0, 0.05) is 24.5 Å². The van der Waals surface area contributed by atoms with E-state index >= 15 is 0 Å². The number of nitrogens with one attached hydrogen (secondary N) is 1. The molecule has 32 heavy (non-hydrogen) atoms. The van der Waals surface area contributed by atoms with Gasteiger partial charge in [-0.25, -0.2) is 4.98 Å². The number of aromatic amines is 1. The third-order valence-electron chi connectivity index (χ3n) is 6.39. The smallest absolute Gasteiger partial charge is 0.294 e. The molecule has 2 aromatic heterocycles. The van der Waals surface area contributed by atoms with Crippen LogP contribution >= 0.6 is 0 Å². The number of rotatable bonds is 7. The zero-order valence-corrected chi connectivity index (χ0v) is 18.6. The first-order chi connectivity index (χ1) is 15.7. The molecule has 0 saturated carbocycles. The second-order valence-corrected chi connectivity index (χ2v) is 8.78. The van der Waals surface area contributed by atoms with Crippen LogP contribution in [-0.4, -0.2) is 45.4 Å². The minimum atomic E-state index is -0.202. The highest BCUT2D eigenvalue weighted by atomic mass is 16.3. The summed E-state index contributed by atoms with van der Waals surface area (Å²) >= 11 is 0. The number of fused-ring (bicyclic) bond motifs is 3. The fourth-order valence-corrected chi connectivity index (χ4v) is 4.91. The van der Waals surface area contributed by atoms with Gasteiger partial charge in [-0.05, 0) is 50.0 Å². The average Bonchev–Trinajstić information content (AvgIpc) is 3.19. The topological polar surface area (TPSA) is 65.4 Å². The largest absolute Gasteiger partial charge is 0.449 e. The lowest BCUT2D eigenvalue weighted by Crippen LogP contribution is -2.47. The number of furan rings is 1. The van der Waals surface area contributed by atoms with Crippen LogP contribution in [0.2, 0.25) is 0 Å². The van der Waals surface area contributed by atoms with Crippen LogP contribution in [0, 0.1) is 0 Å². The Balaban J connectivity index is 1.37. The van der Waals surface area contributed by atoms with E-state index in [1.807, 2.05) is 24.3 Å². The van der Waals surface area contributed by atoms with Gasteiger partial charge in [0.2, 0.25) is 5.58 Å². The quantitative estimate of drug-likeness (QED) is 0.466. The van der Waals surface area contributed by atoms with Crippen molar-refractivity contribution < 1.29 is 4.42 Å². The Kier molecular flexibility index (Phi) is 6.06. The van der Waals surface area contributed by atoms with Crippen LogP contribution in [0.1, 0.15) is 37.6 Å². The summed E-state index contributed by atoms with van der Waals surface area (Å²) in [6.45, 7) is 6.99. The van der Waals surface area contributed by atoms with Crippen molar-refractivity contribution in [1.82, 2.24) is 19.8 Å². The highest BCUT2D eigenvalue weighted by Crippen LogP contribution is 2.25. The number of piperidine rings is 1. The summed E-state index contributed by atoms with van der Waals surface area (Å²) in [5.74, 6) is 0.711. The summed E-state index contributed by atoms with van der Waals surface area (Å²) in [5, 5.41) is 0.892. The number of benzene rings is 2. The van der Waals surface area contributed by atoms with E-state index in [1.54, 1.807) is 0 Å². The minimum Gasteiger partial charge on any atom is -0.449 e. The SMILES string of the molecule is CCCN(Cc1nc2c(oc3ccccc32)c(=O)[nH]1)C1CCCN(Cc2ccccc2)C1. The van der Waals surface area contributed by atoms with Crippen LogP contribution in [-0.2, 0) is 13.1 Å². The lowest BCUT2D eigenvalue weighted by molar-refractivity contribution is 0.0858. The van der Waals surface area contributed by atoms with Gasteiger partial charge < -0.3 is 9.40 Å². The van der Waals surface area contributed by atoms with Gasteiger partial charge in [-0.3, -0.25) is 14.6 Å². The molecule has 1 aliphatic rings. The highest BCUT2D eigenvalue weighted by Gasteiger charge is 2.26. The number of hydrogen-bond acceptors (Lipinski definition) is 5. The zero-order valence-electron chi connectivity index (χ0n) is 18.6. The van der Waals surface area contributed by atoms with Gasteiger partial charge >= 0.3 is 0 Å². The molecule has 0 amide bonds. The van der Waals surface area contributed by atoms with Crippen LogP contribution in [0.25, 0.3) is 22.1 Å². The molecule has 1 unspecified atom stereocenters. The van der Waals surface area contributed by atoms with E-state index in [2.05, 4.69) is 52.0 Å². The van der Waals surface area contributed by atoms with Crippen molar-refractivity contribution in [2.75, 3.05) is 19.6 Å². The summed E-state index contributed by atoms with van der Waals surface area (Å²) < 4.78 is 5.75. The monoisotopic (exact) mass is 430 g/mol. The molecule has 1 atom stereocenters. The van der Waals surface area contributed by atoms with E-state index < -0.39 is 0 Å². The molecule has 1 N–H and O–H groups in total. The van der Waals surface area contributed by atoms with E-state index in [1.165, 1.54) is 18.4 Å². The van der Waals surface area contributed by atoms with Crippen molar-refractivity contribution >= 4 is 22.1 Å². The molecule has 0 spiro atoms. The number of likely N-dealkylation sites (tertiary alicyclic amines) is 1. The molecular weight excluding hydrogens is 400 g/mol. The van der Waals surface area contributed by atoms with Crippen molar-refractivity contribution in [2.24, 2.45) is 0 Å². The molecule has 0 aliphatic carbocycles. The summed E-state index contributed by atoms with van der Waals surface area (Å²) in [7, 11) is 0. The van der Waals surface area contributed by atoms with E-state index in [0.717, 1.165) is 38.0 Å². The van der Waals surface area contributed by atoms with Gasteiger partial charge in [0.25, 0.3) is 5.56 Å². The van der Waals surface area contributed by atoms with Crippen LogP contribution in [0.5, 0.6) is 0 Å². The Morgan fingerprint density at radius 1 is 1.16 bits per heavy atom. The molecule has 1 aliphatic heterocycles. The van der Waals surface area contributed by atoms with E-state index in [9.17, 15) is 4.79 Å². The normalized spacial score (nSPS) is 17.5. The Bertz CT molecular complexity index is 1250. The van der Waals surface area contributed by atoms with E-state index in [0.29, 0.717) is 35.1 Å². The van der Waals surface area contributed by atoms with Gasteiger partial charge in [-0.15, -0.1) is 0 Å². The lowest BCUT2D eigenvalue weighted by Gasteiger charge is -2.39. The predicted octanol–water partition coefficient (Wildman–Crippen LogP) is 4.55. The molecule has 0 radical (unpaired) electrons. The summed E-state index contributed by atoms with van der Waals surface area (Å²) in [6, 6.07) is 18.8. The second-order valence-electron chi connectivity index (χ2n) is 8.78. The van der Waals surface area contributed by atoms with E-state index in [-0.39, 0.29) is 5.56 Å². The molecule has 6 heteroatoms. The fraction of sp³-hybridized carbons (Fsp3) is 0.385. The van der Waals surface area contributed by atoms with Gasteiger partial charge in [0.05, 0.1) is 6.54 Å². The van der Waals surface area contributed by atoms with Gasteiger partial charge in [-0.2, -0.15) is 0 Å². The second kappa shape index (κ2) is 9.27. The Labute approximate surface area is 187 Å². The molecule has 0 bridgehead atoms. The molecular formula is C26H30N4O2. The maximum absolute atomic E-state index is 12.7. The third-order valence-corrected chi connectivity index (χ3v) is 6.39. The summed E-state index contributed by atoms with van der Waals surface area (Å²) in [5.41, 5.74) is 2.83. The van der Waals surface area contributed by atoms with Gasteiger partial charge in [-0.1, -0.05) is 49.4 Å². The number of nitrogens with zero attached hydrogens (tertiary/aromatic N) is 3. The van der Waals surface area contributed by atoms with E-state index in [4.69, 9.17) is 9.40 Å². The molecule has 5 rings (SSSR count). The number of hydrogen-bond donors (Lipinski definition) is 1. The van der Waals surface area contributed by atoms with Crippen LogP contribution in [0.15, 0.2) is 63.8 Å². The van der Waals surface area contributed by atoms with Gasteiger partial charge in [0.1, 0.15) is 16.9 Å². The predicted molar refractivity (Wildman–Crippen MR) is 128 cm³/mol. The fourth-order valence-electron chi connectivity index (χ4n) is 4.91.